The van der Waals surface area contributed by atoms with Crippen molar-refractivity contribution >= 4 is 11.8 Å². The molecule has 2 amide bonds. The minimum absolute atomic E-state index is 0.0408. The fourth-order valence-corrected chi connectivity index (χ4v) is 3.50. The molecule has 7 heteroatoms. The summed E-state index contributed by atoms with van der Waals surface area (Å²) in [5.41, 5.74) is 0.884. The molecule has 0 spiro atoms. The van der Waals surface area contributed by atoms with Gasteiger partial charge in [-0.25, -0.2) is 4.98 Å². The van der Waals surface area contributed by atoms with Crippen LogP contribution in [0.2, 0.25) is 0 Å². The third-order valence-corrected chi connectivity index (χ3v) is 4.78. The summed E-state index contributed by atoms with van der Waals surface area (Å²) < 4.78 is 7.67. The molecule has 144 valence electrons. The largest absolute Gasteiger partial charge is 0.356 e. The normalized spacial score (nSPS) is 20.1. The van der Waals surface area contributed by atoms with Crippen molar-refractivity contribution in [2.45, 2.75) is 52.0 Å². The Balaban J connectivity index is 1.82. The number of benzene rings is 1. The molecule has 7 nitrogen and oxygen atoms in total. The highest BCUT2D eigenvalue weighted by Crippen LogP contribution is 2.32. The molecule has 3 rings (SSSR count). The van der Waals surface area contributed by atoms with Gasteiger partial charge in [-0.15, -0.1) is 0 Å². The van der Waals surface area contributed by atoms with E-state index in [9.17, 15) is 9.59 Å². The van der Waals surface area contributed by atoms with Gasteiger partial charge in [-0.1, -0.05) is 30.3 Å². The number of carbonyl (C=O) groups excluding carboxylic acids is 2. The third-order valence-electron chi connectivity index (χ3n) is 4.78. The summed E-state index contributed by atoms with van der Waals surface area (Å²) in [5, 5.41) is 2.92. The van der Waals surface area contributed by atoms with Crippen LogP contribution in [0.3, 0.4) is 0 Å². The van der Waals surface area contributed by atoms with Crippen LogP contribution in [0.25, 0.3) is 0 Å². The molecule has 1 saturated heterocycles. The highest BCUT2D eigenvalue weighted by Gasteiger charge is 2.42. The molecular weight excluding hydrogens is 344 g/mol. The number of morpholine rings is 1. The van der Waals surface area contributed by atoms with Crippen molar-refractivity contribution in [2.75, 3.05) is 6.61 Å². The standard InChI is InChI=1S/C20H26N4O3/c1-4-23-11-10-21-16(23)12-22-20(26)19-18(15-8-6-5-7-9-15)24(14(2)3)17(25)13-27-19/h5-11,14,18-19H,4,12-13H2,1-3H3,(H,22,26)/t18-,19+/m1/s1. The van der Waals surface area contributed by atoms with E-state index in [1.165, 1.54) is 0 Å². The summed E-state index contributed by atoms with van der Waals surface area (Å²) in [6.45, 7) is 6.93. The zero-order valence-corrected chi connectivity index (χ0v) is 16.0. The maximum absolute atomic E-state index is 12.9. The fraction of sp³-hybridized carbons (Fsp3) is 0.450. The van der Waals surface area contributed by atoms with E-state index in [0.29, 0.717) is 6.54 Å². The van der Waals surface area contributed by atoms with Crippen LogP contribution in [0.1, 0.15) is 38.2 Å². The number of ether oxygens (including phenoxy) is 1. The Bertz CT molecular complexity index is 788. The van der Waals surface area contributed by atoms with Gasteiger partial charge in [-0.3, -0.25) is 9.59 Å². The summed E-state index contributed by atoms with van der Waals surface area (Å²) in [6.07, 6.45) is 2.83. The summed E-state index contributed by atoms with van der Waals surface area (Å²) in [6, 6.07) is 9.06. The lowest BCUT2D eigenvalue weighted by atomic mass is 9.96. The molecule has 0 bridgehead atoms. The molecule has 0 unspecified atom stereocenters. The predicted molar refractivity (Wildman–Crippen MR) is 101 cm³/mol. The molecule has 1 aliphatic rings. The van der Waals surface area contributed by atoms with E-state index in [1.807, 2.05) is 61.9 Å². The van der Waals surface area contributed by atoms with Gasteiger partial charge >= 0.3 is 0 Å². The van der Waals surface area contributed by atoms with Crippen molar-refractivity contribution in [3.05, 3.63) is 54.1 Å². The Morgan fingerprint density at radius 1 is 1.33 bits per heavy atom. The summed E-state index contributed by atoms with van der Waals surface area (Å²) >= 11 is 0. The maximum Gasteiger partial charge on any atom is 0.252 e. The minimum Gasteiger partial charge on any atom is -0.356 e. The van der Waals surface area contributed by atoms with Crippen molar-refractivity contribution in [1.29, 1.82) is 0 Å². The smallest absolute Gasteiger partial charge is 0.252 e. The summed E-state index contributed by atoms with van der Waals surface area (Å²) in [7, 11) is 0. The Labute approximate surface area is 159 Å². The quantitative estimate of drug-likeness (QED) is 0.843. The molecule has 0 saturated carbocycles. The van der Waals surface area contributed by atoms with E-state index in [4.69, 9.17) is 4.74 Å². The lowest BCUT2D eigenvalue weighted by Gasteiger charge is -2.42. The molecule has 27 heavy (non-hydrogen) atoms. The zero-order chi connectivity index (χ0) is 19.4. The van der Waals surface area contributed by atoms with Crippen molar-refractivity contribution in [3.63, 3.8) is 0 Å². The minimum atomic E-state index is -0.766. The Morgan fingerprint density at radius 3 is 2.74 bits per heavy atom. The zero-order valence-electron chi connectivity index (χ0n) is 16.0. The van der Waals surface area contributed by atoms with E-state index < -0.39 is 12.1 Å². The topological polar surface area (TPSA) is 76.5 Å². The second-order valence-electron chi connectivity index (χ2n) is 6.83. The lowest BCUT2D eigenvalue weighted by Crippen LogP contribution is -2.56. The van der Waals surface area contributed by atoms with Gasteiger partial charge in [-0.2, -0.15) is 0 Å². The average Bonchev–Trinajstić information content (AvgIpc) is 3.13. The van der Waals surface area contributed by atoms with E-state index in [2.05, 4.69) is 10.3 Å². The van der Waals surface area contributed by atoms with Gasteiger partial charge in [0.1, 0.15) is 12.4 Å². The number of aromatic nitrogens is 2. The highest BCUT2D eigenvalue weighted by molar-refractivity contribution is 5.86. The number of carbonyl (C=O) groups is 2. The maximum atomic E-state index is 12.9. The first-order chi connectivity index (χ1) is 13.0. The average molecular weight is 370 g/mol. The van der Waals surface area contributed by atoms with Gasteiger partial charge in [-0.05, 0) is 26.3 Å². The number of amides is 2. The Kier molecular flexibility index (Phi) is 5.91. The number of hydrogen-bond donors (Lipinski definition) is 1. The number of nitrogens with one attached hydrogen (secondary N) is 1. The van der Waals surface area contributed by atoms with Crippen LogP contribution in [0.4, 0.5) is 0 Å². The molecule has 2 atom stereocenters. The van der Waals surface area contributed by atoms with E-state index in [0.717, 1.165) is 17.9 Å². The second-order valence-corrected chi connectivity index (χ2v) is 6.83. The Hall–Kier alpha value is -2.67. The molecule has 1 fully saturated rings. The van der Waals surface area contributed by atoms with Gasteiger partial charge in [0.25, 0.3) is 5.91 Å². The van der Waals surface area contributed by atoms with Crippen LogP contribution < -0.4 is 5.32 Å². The molecule has 2 heterocycles. The van der Waals surface area contributed by atoms with E-state index in [-0.39, 0.29) is 24.5 Å². The number of nitrogens with zero attached hydrogens (tertiary/aromatic N) is 3. The van der Waals surface area contributed by atoms with E-state index >= 15 is 0 Å². The van der Waals surface area contributed by atoms with Gasteiger partial charge in [0, 0.05) is 25.0 Å². The van der Waals surface area contributed by atoms with Gasteiger partial charge in [0.15, 0.2) is 6.10 Å². The number of rotatable bonds is 6. The second kappa shape index (κ2) is 8.35. The summed E-state index contributed by atoms with van der Waals surface area (Å²) in [5.74, 6) is 0.437. The first-order valence-corrected chi connectivity index (χ1v) is 9.28. The molecule has 1 aromatic heterocycles. The van der Waals surface area contributed by atoms with Crippen LogP contribution in [0.5, 0.6) is 0 Å². The van der Waals surface area contributed by atoms with Crippen molar-refractivity contribution in [1.82, 2.24) is 19.8 Å². The molecule has 1 aliphatic heterocycles. The monoisotopic (exact) mass is 370 g/mol. The van der Waals surface area contributed by atoms with E-state index in [1.54, 1.807) is 11.1 Å². The molecular formula is C20H26N4O3. The predicted octanol–water partition coefficient (Wildman–Crippen LogP) is 1.90. The third kappa shape index (κ3) is 4.03. The molecule has 0 radical (unpaired) electrons. The van der Waals surface area contributed by atoms with Gasteiger partial charge < -0.3 is 19.5 Å². The molecule has 2 aromatic rings. The molecule has 1 N–H and O–H groups in total. The first kappa shape index (κ1) is 19.1. The van der Waals surface area contributed by atoms with Crippen molar-refractivity contribution in [2.24, 2.45) is 0 Å². The van der Waals surface area contributed by atoms with Crippen LogP contribution >= 0.6 is 0 Å². The van der Waals surface area contributed by atoms with Gasteiger partial charge in [0.05, 0.1) is 12.6 Å². The van der Waals surface area contributed by atoms with Crippen LogP contribution in [0, 0.1) is 0 Å². The van der Waals surface area contributed by atoms with Crippen LogP contribution in [-0.4, -0.2) is 45.0 Å². The SMILES string of the molecule is CCn1ccnc1CNC(=O)[C@H]1OCC(=O)N(C(C)C)[C@@H]1c1ccccc1. The van der Waals surface area contributed by atoms with Crippen LogP contribution in [-0.2, 0) is 27.4 Å². The lowest BCUT2D eigenvalue weighted by molar-refractivity contribution is -0.167. The number of hydrogen-bond acceptors (Lipinski definition) is 4. The molecule has 0 aliphatic carbocycles. The number of aryl methyl sites for hydroxylation is 1. The first-order valence-electron chi connectivity index (χ1n) is 9.28. The highest BCUT2D eigenvalue weighted by atomic mass is 16.5. The van der Waals surface area contributed by atoms with Crippen LogP contribution in [0.15, 0.2) is 42.7 Å². The van der Waals surface area contributed by atoms with Gasteiger partial charge in [0.2, 0.25) is 5.91 Å². The summed E-state index contributed by atoms with van der Waals surface area (Å²) in [4.78, 5) is 31.4. The number of imidazole rings is 1. The fourth-order valence-electron chi connectivity index (χ4n) is 3.50. The van der Waals surface area contributed by atoms with Crippen molar-refractivity contribution in [3.8, 4) is 0 Å². The molecule has 1 aromatic carbocycles. The van der Waals surface area contributed by atoms with Crippen molar-refractivity contribution < 1.29 is 14.3 Å². The Morgan fingerprint density at radius 2 is 2.07 bits per heavy atom.